The van der Waals surface area contributed by atoms with E-state index in [9.17, 15) is 0 Å². The summed E-state index contributed by atoms with van der Waals surface area (Å²) in [5.74, 6) is 1.90. The Hall–Kier alpha value is -2.06. The van der Waals surface area contributed by atoms with Crippen LogP contribution in [0.15, 0.2) is 23.6 Å². The first kappa shape index (κ1) is 15.3. The molecule has 1 heterocycles. The van der Waals surface area contributed by atoms with Gasteiger partial charge >= 0.3 is 0 Å². The lowest BCUT2D eigenvalue weighted by Gasteiger charge is -2.13. The molecule has 2 aromatic rings. The molecule has 0 N–H and O–H groups in total. The molecule has 4 nitrogen and oxygen atoms in total. The van der Waals surface area contributed by atoms with Crippen LogP contribution in [-0.4, -0.2) is 18.7 Å². The average Bonchev–Trinajstić information content (AvgIpc) is 2.94. The molecule has 0 saturated heterocycles. The van der Waals surface area contributed by atoms with Crippen molar-refractivity contribution in [2.45, 2.75) is 20.3 Å². The summed E-state index contributed by atoms with van der Waals surface area (Å²) in [4.78, 5) is 4.45. The van der Waals surface area contributed by atoms with E-state index in [4.69, 9.17) is 14.7 Å². The molecule has 21 heavy (non-hydrogen) atoms. The van der Waals surface area contributed by atoms with Crippen molar-refractivity contribution in [1.82, 2.24) is 4.98 Å². The maximum Gasteiger partial charge on any atom is 0.161 e. The van der Waals surface area contributed by atoms with Crippen molar-refractivity contribution in [3.05, 3.63) is 29.3 Å². The van der Waals surface area contributed by atoms with Gasteiger partial charge in [0.15, 0.2) is 11.5 Å². The molecule has 2 rings (SSSR count). The van der Waals surface area contributed by atoms with Crippen molar-refractivity contribution in [1.29, 1.82) is 5.26 Å². The van der Waals surface area contributed by atoms with Crippen LogP contribution in [0.25, 0.3) is 10.6 Å². The summed E-state index contributed by atoms with van der Waals surface area (Å²) >= 11 is 1.53. The Kier molecular flexibility index (Phi) is 5.18. The molecule has 0 bridgehead atoms. The van der Waals surface area contributed by atoms with Crippen LogP contribution in [-0.2, 0) is 6.42 Å². The number of ether oxygens (including phenoxy) is 2. The van der Waals surface area contributed by atoms with Gasteiger partial charge in [0, 0.05) is 10.9 Å². The molecule has 0 aliphatic carbocycles. The second kappa shape index (κ2) is 7.09. The topological polar surface area (TPSA) is 55.1 Å². The van der Waals surface area contributed by atoms with E-state index in [2.05, 4.69) is 24.9 Å². The molecule has 0 fully saturated rings. The first-order chi connectivity index (χ1) is 10.1. The number of hydrogen-bond acceptors (Lipinski definition) is 5. The molecule has 0 aliphatic rings. The molecule has 0 atom stereocenters. The molecule has 1 aromatic carbocycles. The number of nitrogens with zero attached hydrogens (tertiary/aromatic N) is 2. The largest absolute Gasteiger partial charge is 0.493 e. The number of aromatic nitrogens is 1. The van der Waals surface area contributed by atoms with Crippen LogP contribution in [0.3, 0.4) is 0 Å². The highest BCUT2D eigenvalue weighted by Gasteiger charge is 2.10. The summed E-state index contributed by atoms with van der Waals surface area (Å²) in [5, 5.41) is 11.5. The smallest absolute Gasteiger partial charge is 0.161 e. The maximum atomic E-state index is 8.70. The number of methoxy groups -OCH3 is 1. The third-order valence-electron chi connectivity index (χ3n) is 2.79. The molecule has 0 amide bonds. The average molecular weight is 302 g/mol. The van der Waals surface area contributed by atoms with Crippen molar-refractivity contribution in [3.63, 3.8) is 0 Å². The molecule has 0 aliphatic heterocycles. The highest BCUT2D eigenvalue weighted by molar-refractivity contribution is 7.13. The Bertz CT molecular complexity index is 644. The van der Waals surface area contributed by atoms with Crippen molar-refractivity contribution in [3.8, 4) is 28.1 Å². The third-order valence-corrected chi connectivity index (χ3v) is 3.73. The van der Waals surface area contributed by atoms with Crippen LogP contribution in [0.5, 0.6) is 11.5 Å². The van der Waals surface area contributed by atoms with Gasteiger partial charge in [0.25, 0.3) is 0 Å². The van der Waals surface area contributed by atoms with Gasteiger partial charge in [-0.15, -0.1) is 11.3 Å². The van der Waals surface area contributed by atoms with Gasteiger partial charge in [-0.05, 0) is 24.1 Å². The van der Waals surface area contributed by atoms with Crippen LogP contribution in [0.2, 0.25) is 0 Å². The molecule has 5 heteroatoms. The summed E-state index contributed by atoms with van der Waals surface area (Å²) in [6, 6.07) is 7.90. The monoisotopic (exact) mass is 302 g/mol. The maximum absolute atomic E-state index is 8.70. The first-order valence-electron chi connectivity index (χ1n) is 6.76. The van der Waals surface area contributed by atoms with Crippen molar-refractivity contribution >= 4 is 11.3 Å². The zero-order valence-electron chi connectivity index (χ0n) is 12.4. The minimum absolute atomic E-state index is 0.337. The number of thiazole rings is 1. The number of rotatable bonds is 6. The summed E-state index contributed by atoms with van der Waals surface area (Å²) < 4.78 is 11.1. The van der Waals surface area contributed by atoms with E-state index >= 15 is 0 Å². The van der Waals surface area contributed by atoms with E-state index in [0.717, 1.165) is 22.0 Å². The van der Waals surface area contributed by atoms with Crippen molar-refractivity contribution < 1.29 is 9.47 Å². The molecule has 0 spiro atoms. The summed E-state index contributed by atoms with van der Waals surface area (Å²) in [6.45, 7) is 4.86. The lowest BCUT2D eigenvalue weighted by molar-refractivity contribution is 0.257. The summed E-state index contributed by atoms with van der Waals surface area (Å²) in [7, 11) is 1.63. The highest BCUT2D eigenvalue weighted by Crippen LogP contribution is 2.34. The lowest BCUT2D eigenvalue weighted by atomic mass is 10.2. The van der Waals surface area contributed by atoms with Crippen molar-refractivity contribution in [2.24, 2.45) is 5.92 Å². The van der Waals surface area contributed by atoms with Crippen LogP contribution in [0, 0.1) is 17.2 Å². The van der Waals surface area contributed by atoms with Gasteiger partial charge in [-0.1, -0.05) is 13.8 Å². The van der Waals surface area contributed by atoms with Gasteiger partial charge in [0.2, 0.25) is 0 Å². The van der Waals surface area contributed by atoms with Gasteiger partial charge in [-0.25, -0.2) is 4.98 Å². The molecule has 0 radical (unpaired) electrons. The van der Waals surface area contributed by atoms with Crippen LogP contribution in [0.1, 0.15) is 19.5 Å². The second-order valence-corrected chi connectivity index (χ2v) is 5.91. The van der Waals surface area contributed by atoms with Gasteiger partial charge in [-0.3, -0.25) is 0 Å². The molecule has 0 saturated carbocycles. The predicted molar refractivity (Wildman–Crippen MR) is 83.8 cm³/mol. The van der Waals surface area contributed by atoms with Crippen LogP contribution in [0.4, 0.5) is 0 Å². The fraction of sp³-hybridized carbons (Fsp3) is 0.375. The third kappa shape index (κ3) is 3.96. The Balaban J connectivity index is 2.23. The Morgan fingerprint density at radius 3 is 2.81 bits per heavy atom. The van der Waals surface area contributed by atoms with E-state index in [1.165, 1.54) is 11.3 Å². The summed E-state index contributed by atoms with van der Waals surface area (Å²) in [6.07, 6.45) is 0.337. The van der Waals surface area contributed by atoms with Crippen molar-refractivity contribution in [2.75, 3.05) is 13.7 Å². The van der Waals surface area contributed by atoms with Crippen LogP contribution < -0.4 is 9.47 Å². The van der Waals surface area contributed by atoms with E-state index < -0.39 is 0 Å². The Morgan fingerprint density at radius 2 is 2.14 bits per heavy atom. The van der Waals surface area contributed by atoms with E-state index in [1.807, 2.05) is 23.6 Å². The molecule has 110 valence electrons. The fourth-order valence-electron chi connectivity index (χ4n) is 1.78. The lowest BCUT2D eigenvalue weighted by Crippen LogP contribution is -2.05. The quantitative estimate of drug-likeness (QED) is 0.811. The van der Waals surface area contributed by atoms with E-state index in [-0.39, 0.29) is 0 Å². The summed E-state index contributed by atoms with van der Waals surface area (Å²) in [5.41, 5.74) is 1.77. The molecular weight excluding hydrogens is 284 g/mol. The number of nitriles is 1. The van der Waals surface area contributed by atoms with Gasteiger partial charge in [0.05, 0.1) is 31.9 Å². The minimum Gasteiger partial charge on any atom is -0.493 e. The fourth-order valence-corrected chi connectivity index (χ4v) is 2.59. The number of hydrogen-bond donors (Lipinski definition) is 0. The number of benzene rings is 1. The zero-order valence-corrected chi connectivity index (χ0v) is 13.2. The van der Waals surface area contributed by atoms with Crippen LogP contribution >= 0.6 is 11.3 Å². The Morgan fingerprint density at radius 1 is 1.33 bits per heavy atom. The SMILES string of the molecule is COc1cc(-c2nc(CC#N)cs2)ccc1OCC(C)C. The molecule has 1 aromatic heterocycles. The molecule has 0 unspecified atom stereocenters. The van der Waals surface area contributed by atoms with Gasteiger partial charge in [-0.2, -0.15) is 5.26 Å². The van der Waals surface area contributed by atoms with E-state index in [1.54, 1.807) is 7.11 Å². The highest BCUT2D eigenvalue weighted by atomic mass is 32.1. The van der Waals surface area contributed by atoms with Gasteiger partial charge < -0.3 is 9.47 Å². The van der Waals surface area contributed by atoms with Gasteiger partial charge in [0.1, 0.15) is 5.01 Å². The van der Waals surface area contributed by atoms with E-state index in [0.29, 0.717) is 24.7 Å². The Labute approximate surface area is 129 Å². The normalized spacial score (nSPS) is 10.4. The minimum atomic E-state index is 0.337. The zero-order chi connectivity index (χ0) is 15.2. The predicted octanol–water partition coefficient (Wildman–Crippen LogP) is 3.92. The molecular formula is C16H18N2O2S. The standard InChI is InChI=1S/C16H18N2O2S/c1-11(2)9-20-14-5-4-12(8-15(14)19-3)16-18-13(6-7-17)10-21-16/h4-5,8,10-11H,6,9H2,1-3H3. The first-order valence-corrected chi connectivity index (χ1v) is 7.64. The second-order valence-electron chi connectivity index (χ2n) is 5.05.